The van der Waals surface area contributed by atoms with Crippen molar-refractivity contribution in [2.24, 2.45) is 0 Å². The lowest BCUT2D eigenvalue weighted by Crippen LogP contribution is -2.23. The molecule has 2 aromatic carbocycles. The maximum atomic E-state index is 12.1. The van der Waals surface area contributed by atoms with Gasteiger partial charge >= 0.3 is 12.1 Å². The fourth-order valence-electron chi connectivity index (χ4n) is 2.35. The predicted molar refractivity (Wildman–Crippen MR) is 108 cm³/mol. The highest BCUT2D eigenvalue weighted by Crippen LogP contribution is 2.23. The molecule has 0 saturated carbocycles. The van der Waals surface area contributed by atoms with E-state index in [9.17, 15) is 14.7 Å². The van der Waals surface area contributed by atoms with Crippen molar-refractivity contribution in [3.8, 4) is 5.75 Å². The molecule has 0 bridgehead atoms. The molecule has 6 heteroatoms. The first kappa shape index (κ1) is 21.2. The summed E-state index contributed by atoms with van der Waals surface area (Å²) in [6.45, 7) is 5.26. The maximum Gasteiger partial charge on any atom is 0.417 e. The molecule has 0 unspecified atom stereocenters. The predicted octanol–water partition coefficient (Wildman–Crippen LogP) is 4.53. The summed E-state index contributed by atoms with van der Waals surface area (Å²) in [5.41, 5.74) is 1.29. The van der Waals surface area contributed by atoms with Crippen LogP contribution in [0.15, 0.2) is 54.6 Å². The fourth-order valence-corrected chi connectivity index (χ4v) is 2.35. The van der Waals surface area contributed by atoms with Crippen LogP contribution in [0.5, 0.6) is 5.75 Å². The van der Waals surface area contributed by atoms with Crippen molar-refractivity contribution in [2.45, 2.75) is 39.4 Å². The zero-order valence-electron chi connectivity index (χ0n) is 16.3. The van der Waals surface area contributed by atoms with Crippen LogP contribution in [0.2, 0.25) is 0 Å². The molecule has 6 nitrogen and oxygen atoms in total. The average Bonchev–Trinajstić information content (AvgIpc) is 2.62. The van der Waals surface area contributed by atoms with Crippen LogP contribution >= 0.6 is 0 Å². The fraction of sp³-hybridized carbons (Fsp3) is 0.273. The van der Waals surface area contributed by atoms with Crippen molar-refractivity contribution in [2.75, 3.05) is 5.32 Å². The summed E-state index contributed by atoms with van der Waals surface area (Å²) in [6.07, 6.45) is 2.74. The van der Waals surface area contributed by atoms with E-state index in [2.05, 4.69) is 5.32 Å². The minimum Gasteiger partial charge on any atom is -0.460 e. The Balaban J connectivity index is 2.09. The lowest BCUT2D eigenvalue weighted by Gasteiger charge is -2.18. The highest BCUT2D eigenvalue weighted by Gasteiger charge is 2.15. The van der Waals surface area contributed by atoms with Gasteiger partial charge in [-0.05, 0) is 50.6 Å². The largest absolute Gasteiger partial charge is 0.460 e. The second kappa shape index (κ2) is 9.71. The Labute approximate surface area is 164 Å². The first-order valence-corrected chi connectivity index (χ1v) is 8.93. The number of benzene rings is 2. The standard InChI is InChI=1S/C22H25NO5/c1-22(2,3)28-20(25)11-7-8-17-14-16(15-24)12-13-19(17)27-21(26)23-18-9-5-4-6-10-18/h4-10,12-14,24H,11,15H2,1-3H3,(H,23,26). The van der Waals surface area contributed by atoms with E-state index in [1.54, 1.807) is 75.4 Å². The van der Waals surface area contributed by atoms with Gasteiger partial charge in [0.25, 0.3) is 0 Å². The van der Waals surface area contributed by atoms with E-state index in [1.807, 2.05) is 6.07 Å². The average molecular weight is 383 g/mol. The summed E-state index contributed by atoms with van der Waals surface area (Å²) in [6, 6.07) is 13.9. The molecule has 0 heterocycles. The number of nitrogens with one attached hydrogen (secondary N) is 1. The van der Waals surface area contributed by atoms with Crippen molar-refractivity contribution in [3.05, 3.63) is 65.7 Å². The molecule has 2 N–H and O–H groups in total. The number of hydrogen-bond donors (Lipinski definition) is 2. The highest BCUT2D eigenvalue weighted by atomic mass is 16.6. The van der Waals surface area contributed by atoms with Crippen LogP contribution in [-0.4, -0.2) is 22.8 Å². The molecule has 0 aliphatic carbocycles. The molecule has 148 valence electrons. The highest BCUT2D eigenvalue weighted by molar-refractivity contribution is 5.87. The van der Waals surface area contributed by atoms with Crippen LogP contribution in [0.4, 0.5) is 10.5 Å². The van der Waals surface area contributed by atoms with Gasteiger partial charge in [-0.1, -0.05) is 36.4 Å². The molecule has 0 atom stereocenters. The number of carbonyl (C=O) groups excluding carboxylic acids is 2. The van der Waals surface area contributed by atoms with Crippen molar-refractivity contribution in [1.82, 2.24) is 0 Å². The third-order valence-corrected chi connectivity index (χ3v) is 3.48. The van der Waals surface area contributed by atoms with Gasteiger partial charge in [0, 0.05) is 11.3 Å². The first-order chi connectivity index (χ1) is 13.3. The number of ether oxygens (including phenoxy) is 2. The number of anilines is 1. The zero-order valence-corrected chi connectivity index (χ0v) is 16.3. The Morgan fingerprint density at radius 3 is 2.46 bits per heavy atom. The van der Waals surface area contributed by atoms with Crippen molar-refractivity contribution >= 4 is 23.8 Å². The Bertz CT molecular complexity index is 838. The second-order valence-electron chi connectivity index (χ2n) is 7.10. The number of esters is 1. The van der Waals surface area contributed by atoms with Gasteiger partial charge in [0.15, 0.2) is 0 Å². The number of hydrogen-bond acceptors (Lipinski definition) is 5. The third-order valence-electron chi connectivity index (χ3n) is 3.48. The summed E-state index contributed by atoms with van der Waals surface area (Å²) < 4.78 is 10.6. The quantitative estimate of drug-likeness (QED) is 0.716. The smallest absolute Gasteiger partial charge is 0.417 e. The van der Waals surface area contributed by atoms with Crippen LogP contribution < -0.4 is 10.1 Å². The van der Waals surface area contributed by atoms with Gasteiger partial charge in [-0.15, -0.1) is 0 Å². The van der Waals surface area contributed by atoms with Crippen molar-refractivity contribution in [1.29, 1.82) is 0 Å². The summed E-state index contributed by atoms with van der Waals surface area (Å²) >= 11 is 0. The second-order valence-corrected chi connectivity index (χ2v) is 7.10. The van der Waals surface area contributed by atoms with Crippen molar-refractivity contribution < 1.29 is 24.2 Å². The van der Waals surface area contributed by atoms with Gasteiger partial charge in [0.05, 0.1) is 13.0 Å². The number of aliphatic hydroxyl groups excluding tert-OH is 1. The van der Waals surface area contributed by atoms with Gasteiger partial charge in [0.2, 0.25) is 0 Å². The Morgan fingerprint density at radius 2 is 1.82 bits per heavy atom. The van der Waals surface area contributed by atoms with E-state index in [4.69, 9.17) is 9.47 Å². The molecule has 0 aromatic heterocycles. The minimum absolute atomic E-state index is 0.0796. The lowest BCUT2D eigenvalue weighted by atomic mass is 10.1. The third kappa shape index (κ3) is 7.25. The number of amides is 1. The van der Waals surface area contributed by atoms with E-state index < -0.39 is 11.7 Å². The topological polar surface area (TPSA) is 84.9 Å². The van der Waals surface area contributed by atoms with Crippen LogP contribution in [-0.2, 0) is 16.1 Å². The first-order valence-electron chi connectivity index (χ1n) is 8.93. The number of carbonyl (C=O) groups is 2. The summed E-state index contributed by atoms with van der Waals surface area (Å²) in [7, 11) is 0. The van der Waals surface area contributed by atoms with Crippen molar-refractivity contribution in [3.63, 3.8) is 0 Å². The van der Waals surface area contributed by atoms with Gasteiger partial charge in [-0.3, -0.25) is 10.1 Å². The Morgan fingerprint density at radius 1 is 1.11 bits per heavy atom. The molecule has 2 aromatic rings. The molecular weight excluding hydrogens is 358 g/mol. The maximum absolute atomic E-state index is 12.1. The molecule has 2 rings (SSSR count). The van der Waals surface area contributed by atoms with Gasteiger partial charge in [-0.2, -0.15) is 0 Å². The number of aliphatic hydroxyl groups is 1. The van der Waals surface area contributed by atoms with E-state index in [1.165, 1.54) is 0 Å². The molecule has 0 aliphatic rings. The van der Waals surface area contributed by atoms with E-state index >= 15 is 0 Å². The molecule has 0 radical (unpaired) electrons. The molecular formula is C22H25NO5. The molecule has 1 amide bonds. The van der Waals surface area contributed by atoms with E-state index in [0.29, 0.717) is 22.6 Å². The number of rotatable bonds is 6. The molecule has 28 heavy (non-hydrogen) atoms. The minimum atomic E-state index is -0.634. The zero-order chi connectivity index (χ0) is 20.6. The summed E-state index contributed by atoms with van der Waals surface area (Å²) in [4.78, 5) is 24.0. The molecule has 0 fully saturated rings. The van der Waals surface area contributed by atoms with Gasteiger partial charge in [0.1, 0.15) is 11.4 Å². The van der Waals surface area contributed by atoms with E-state index in [0.717, 1.165) is 0 Å². The van der Waals surface area contributed by atoms with Crippen LogP contribution in [0.3, 0.4) is 0 Å². The molecule has 0 saturated heterocycles. The Hall–Kier alpha value is -3.12. The van der Waals surface area contributed by atoms with E-state index in [-0.39, 0.29) is 19.0 Å². The normalized spacial score (nSPS) is 11.3. The van der Waals surface area contributed by atoms with Gasteiger partial charge in [-0.25, -0.2) is 4.79 Å². The van der Waals surface area contributed by atoms with Crippen LogP contribution in [0, 0.1) is 0 Å². The SMILES string of the molecule is CC(C)(C)OC(=O)CC=Cc1cc(CO)ccc1OC(=O)Nc1ccccc1. The lowest BCUT2D eigenvalue weighted by molar-refractivity contribution is -0.153. The van der Waals surface area contributed by atoms with Crippen LogP contribution in [0.25, 0.3) is 6.08 Å². The number of para-hydroxylation sites is 1. The summed E-state index contributed by atoms with van der Waals surface area (Å²) in [5.74, 6) is -0.0441. The molecule has 0 aliphatic heterocycles. The summed E-state index contributed by atoms with van der Waals surface area (Å²) in [5, 5.41) is 12.0. The monoisotopic (exact) mass is 383 g/mol. The Kier molecular flexibility index (Phi) is 7.35. The molecule has 0 spiro atoms. The van der Waals surface area contributed by atoms with Crippen LogP contribution in [0.1, 0.15) is 38.3 Å². The van der Waals surface area contributed by atoms with Gasteiger partial charge < -0.3 is 14.6 Å².